The Morgan fingerprint density at radius 1 is 0.418 bits per heavy atom. The Balaban J connectivity index is 1.07. The minimum Gasteiger partial charge on any atom is -0.319 e. The topological polar surface area (TPSA) is 42.9 Å². The minimum absolute atomic E-state index is 0.597. The van der Waals surface area contributed by atoms with Gasteiger partial charge in [0, 0.05) is 43.7 Å². The Morgan fingerprint density at radius 2 is 0.927 bits per heavy atom. The van der Waals surface area contributed by atoms with E-state index < -0.39 is 0 Å². The first-order chi connectivity index (χ1) is 27.2. The lowest BCUT2D eigenvalue weighted by Gasteiger charge is -2.15. The first-order valence-electron chi connectivity index (χ1n) is 18.3. The Kier molecular flexibility index (Phi) is 6.61. The average Bonchev–Trinajstić information content (AvgIpc) is 3.88. The van der Waals surface area contributed by atoms with Gasteiger partial charge < -0.3 is 13.7 Å². The predicted molar refractivity (Wildman–Crippen MR) is 226 cm³/mol. The van der Waals surface area contributed by atoms with Gasteiger partial charge in [0.05, 0.1) is 57.0 Å². The van der Waals surface area contributed by atoms with Crippen LogP contribution in [0.4, 0.5) is 5.69 Å². The van der Waals surface area contributed by atoms with Gasteiger partial charge in [0.25, 0.3) is 0 Å². The van der Waals surface area contributed by atoms with Crippen molar-refractivity contribution in [3.8, 4) is 34.3 Å². The largest absolute Gasteiger partial charge is 0.319 e. The first kappa shape index (κ1) is 30.7. The third-order valence-corrected chi connectivity index (χ3v) is 11.1. The summed E-state index contributed by atoms with van der Waals surface area (Å²) in [5, 5.41) is 16.7. The quantitative estimate of drug-likeness (QED) is 0.169. The Bertz CT molecular complexity index is 3400. The number of hydrogen-bond donors (Lipinski definition) is 0. The highest BCUT2D eigenvalue weighted by Crippen LogP contribution is 2.42. The number of rotatable bonds is 4. The molecular formula is C50H29N5. The van der Waals surface area contributed by atoms with Crippen LogP contribution in [-0.2, 0) is 0 Å². The summed E-state index contributed by atoms with van der Waals surface area (Å²) < 4.78 is 6.82. The maximum Gasteiger partial charge on any atom is 0.218 e. The first-order valence-corrected chi connectivity index (χ1v) is 18.3. The third-order valence-electron chi connectivity index (χ3n) is 11.1. The van der Waals surface area contributed by atoms with E-state index in [0.717, 1.165) is 71.8 Å². The molecule has 5 nitrogen and oxygen atoms in total. The second-order valence-corrected chi connectivity index (χ2v) is 14.0. The highest BCUT2D eigenvalue weighted by molar-refractivity contribution is 6.13. The highest BCUT2D eigenvalue weighted by Gasteiger charge is 2.20. The van der Waals surface area contributed by atoms with Crippen molar-refractivity contribution in [3.05, 3.63) is 193 Å². The fourth-order valence-corrected chi connectivity index (χ4v) is 8.73. The zero-order valence-electron chi connectivity index (χ0n) is 29.5. The normalized spacial score (nSPS) is 11.6. The van der Waals surface area contributed by atoms with Gasteiger partial charge in [-0.2, -0.15) is 5.26 Å². The molecule has 8 aromatic carbocycles. The molecular weight excluding hydrogens is 671 g/mol. The van der Waals surface area contributed by atoms with E-state index in [-0.39, 0.29) is 0 Å². The molecule has 0 spiro atoms. The molecule has 3 heterocycles. The highest BCUT2D eigenvalue weighted by atomic mass is 15.0. The summed E-state index contributed by atoms with van der Waals surface area (Å²) in [6.45, 7) is 8.53. The Hall–Kier alpha value is -7.86. The summed E-state index contributed by atoms with van der Waals surface area (Å²) in [5.74, 6) is 0. The summed E-state index contributed by atoms with van der Waals surface area (Å²) in [6, 6.07) is 63.4. The van der Waals surface area contributed by atoms with Crippen molar-refractivity contribution < 1.29 is 0 Å². The van der Waals surface area contributed by atoms with Crippen molar-refractivity contribution in [1.29, 1.82) is 5.26 Å². The molecule has 5 heteroatoms. The zero-order valence-corrected chi connectivity index (χ0v) is 29.5. The van der Waals surface area contributed by atoms with Crippen molar-refractivity contribution in [2.75, 3.05) is 0 Å². The third kappa shape index (κ3) is 4.45. The molecule has 0 amide bonds. The second-order valence-electron chi connectivity index (χ2n) is 14.0. The zero-order chi connectivity index (χ0) is 36.6. The van der Waals surface area contributed by atoms with Crippen molar-refractivity contribution in [2.24, 2.45) is 0 Å². The molecule has 0 saturated carbocycles. The number of nitriles is 1. The predicted octanol–water partition coefficient (Wildman–Crippen LogP) is 13.1. The van der Waals surface area contributed by atoms with E-state index in [0.29, 0.717) is 11.3 Å². The number of para-hydroxylation sites is 5. The van der Waals surface area contributed by atoms with Gasteiger partial charge in [-0.3, -0.25) is 0 Å². The van der Waals surface area contributed by atoms with Crippen LogP contribution in [0.1, 0.15) is 5.56 Å². The van der Waals surface area contributed by atoms with Crippen molar-refractivity contribution in [1.82, 2.24) is 13.7 Å². The second kappa shape index (κ2) is 11.8. The number of nitrogens with zero attached hydrogens (tertiary/aromatic N) is 5. The van der Waals surface area contributed by atoms with E-state index in [2.05, 4.69) is 164 Å². The molecule has 11 rings (SSSR count). The monoisotopic (exact) mass is 699 g/mol. The van der Waals surface area contributed by atoms with Gasteiger partial charge in [0.1, 0.15) is 0 Å². The molecule has 55 heavy (non-hydrogen) atoms. The van der Waals surface area contributed by atoms with E-state index in [9.17, 15) is 5.26 Å². The molecule has 254 valence electrons. The van der Waals surface area contributed by atoms with Crippen LogP contribution < -0.4 is 0 Å². The SMILES string of the molecule is [C-]#[N+]c1c(-c2ccc(-n3c4ccccc4c4ccc(C#N)cc43)cc2)cccc1-n1c2ccccc2c2cc(-n3c4ccccc4c4ccccc43)ccc21. The van der Waals surface area contributed by atoms with Gasteiger partial charge in [-0.1, -0.05) is 103 Å². The molecule has 0 saturated heterocycles. The Labute approximate surface area is 316 Å². The van der Waals surface area contributed by atoms with Crippen LogP contribution in [-0.4, -0.2) is 13.7 Å². The minimum atomic E-state index is 0.597. The smallest absolute Gasteiger partial charge is 0.218 e. The number of aromatic nitrogens is 3. The molecule has 0 radical (unpaired) electrons. The number of benzene rings is 8. The fourth-order valence-electron chi connectivity index (χ4n) is 8.73. The molecule has 3 aromatic heterocycles. The van der Waals surface area contributed by atoms with Crippen LogP contribution in [0.3, 0.4) is 0 Å². The van der Waals surface area contributed by atoms with E-state index in [1.54, 1.807) is 0 Å². The van der Waals surface area contributed by atoms with Crippen LogP contribution in [0.25, 0.3) is 98.5 Å². The van der Waals surface area contributed by atoms with Crippen LogP contribution in [0.2, 0.25) is 0 Å². The molecule has 0 bridgehead atoms. The lowest BCUT2D eigenvalue weighted by atomic mass is 10.0. The van der Waals surface area contributed by atoms with E-state index in [4.69, 9.17) is 6.57 Å². The summed E-state index contributed by atoms with van der Waals surface area (Å²) in [7, 11) is 0. The van der Waals surface area contributed by atoms with Crippen molar-refractivity contribution >= 4 is 71.1 Å². The van der Waals surface area contributed by atoms with Crippen LogP contribution in [0.5, 0.6) is 0 Å². The lowest BCUT2D eigenvalue weighted by Crippen LogP contribution is -1.97. The van der Waals surface area contributed by atoms with E-state index >= 15 is 0 Å². The van der Waals surface area contributed by atoms with Gasteiger partial charge in [-0.25, -0.2) is 4.85 Å². The molecule has 0 fully saturated rings. The van der Waals surface area contributed by atoms with Gasteiger partial charge in [0.2, 0.25) is 5.69 Å². The maximum absolute atomic E-state index is 9.69. The summed E-state index contributed by atoms with van der Waals surface area (Å²) in [5.41, 5.74) is 12.5. The van der Waals surface area contributed by atoms with Crippen molar-refractivity contribution in [3.63, 3.8) is 0 Å². The van der Waals surface area contributed by atoms with Gasteiger partial charge in [-0.05, 0) is 83.9 Å². The Morgan fingerprint density at radius 3 is 1.53 bits per heavy atom. The average molecular weight is 700 g/mol. The fraction of sp³-hybridized carbons (Fsp3) is 0. The molecule has 0 atom stereocenters. The molecule has 0 unspecified atom stereocenters. The summed E-state index contributed by atoms with van der Waals surface area (Å²) in [6.07, 6.45) is 0. The standard InChI is InChI=1S/C50H29N5/c1-52-50-36(33-22-24-34(25-23-33)53-43-16-6-4-13-39(43)41-27-21-32(31-51)29-49(41)53)15-10-20-48(50)55-46-19-9-5-14-40(46)42-30-35(26-28-47(42)55)54-44-17-7-2-11-37(44)38-12-3-8-18-45(38)54/h2-30H. The molecule has 0 N–H and O–H groups in total. The van der Waals surface area contributed by atoms with Crippen LogP contribution in [0, 0.1) is 17.9 Å². The molecule has 0 aliphatic heterocycles. The van der Waals surface area contributed by atoms with E-state index in [1.165, 1.54) is 21.8 Å². The number of fused-ring (bicyclic) bond motifs is 9. The number of hydrogen-bond acceptors (Lipinski definition) is 1. The van der Waals surface area contributed by atoms with Crippen molar-refractivity contribution in [2.45, 2.75) is 0 Å². The molecule has 0 aliphatic carbocycles. The van der Waals surface area contributed by atoms with Gasteiger partial charge in [0.15, 0.2) is 0 Å². The van der Waals surface area contributed by atoms with E-state index in [1.807, 2.05) is 36.4 Å². The molecule has 0 aliphatic rings. The lowest BCUT2D eigenvalue weighted by molar-refractivity contribution is 1.17. The molecule has 11 aromatic rings. The summed E-state index contributed by atoms with van der Waals surface area (Å²) in [4.78, 5) is 4.21. The van der Waals surface area contributed by atoms with Gasteiger partial charge >= 0.3 is 0 Å². The summed E-state index contributed by atoms with van der Waals surface area (Å²) >= 11 is 0. The maximum atomic E-state index is 9.69. The van der Waals surface area contributed by atoms with Crippen LogP contribution >= 0.6 is 0 Å². The van der Waals surface area contributed by atoms with Crippen LogP contribution in [0.15, 0.2) is 176 Å². The van der Waals surface area contributed by atoms with Gasteiger partial charge in [-0.15, -0.1) is 0 Å².